The standard InChI is InChI=1S/C43H55F3N6O9S/c1-27-11-12-31-30(23-27)29-13-14-41(61-34(29)35(47-31)43(44,45)46)25-33-36(53)49-42(38(55)50-62(57,58)40(2)15-16-40)24-28(42)9-6-4-3-5-7-10-32(37(54)52(33)26-41)48-39(56)60-20-8-17-51-18-21-59-22-19-51/h6,9,11-12,23,28,32-33H,3-5,7-8,10,13-22,24-26H2,1-2H3,(H,48,56)(H,49,53)(H,50,55)/b9-6-/t28-,32+,33+,41-,42-/m1/s1. The summed E-state index contributed by atoms with van der Waals surface area (Å²) in [6.07, 6.45) is 2.05. The Balaban J connectivity index is 1.10. The van der Waals surface area contributed by atoms with Crippen molar-refractivity contribution < 1.29 is 55.0 Å². The molecule has 2 aliphatic carbocycles. The number of nitrogens with one attached hydrogen (secondary N) is 3. The molecule has 19 heteroatoms. The SMILES string of the molecule is Cc1ccc2nc(C(F)(F)F)c3c(c2c1)CC[C@]1(C[C@H]2C(=O)N[C@]4(C(=O)NS(=O)(=O)C5(C)CC5)C[C@H]4/C=C\CCCCC[C@H](NC(=O)OCCCN4CCOCC4)C(=O)N2C1)O3. The van der Waals surface area contributed by atoms with Gasteiger partial charge >= 0.3 is 12.3 Å². The number of sulfonamides is 1. The Hall–Kier alpha value is -4.49. The number of ether oxygens (including phenoxy) is 3. The van der Waals surface area contributed by atoms with Crippen LogP contribution >= 0.6 is 0 Å². The summed E-state index contributed by atoms with van der Waals surface area (Å²) in [6, 6.07) is 2.43. The molecule has 0 bridgehead atoms. The van der Waals surface area contributed by atoms with Gasteiger partial charge in [0, 0.05) is 42.9 Å². The molecule has 0 radical (unpaired) electrons. The number of aromatic nitrogens is 1. The fraction of sp³-hybridized carbons (Fsp3) is 0.651. The van der Waals surface area contributed by atoms with Crippen LogP contribution in [0.1, 0.15) is 94.4 Å². The first-order chi connectivity index (χ1) is 29.4. The van der Waals surface area contributed by atoms with Crippen molar-refractivity contribution >= 4 is 44.7 Å². The summed E-state index contributed by atoms with van der Waals surface area (Å²) in [5.74, 6) is -3.37. The van der Waals surface area contributed by atoms with Gasteiger partial charge in [-0.2, -0.15) is 13.2 Å². The zero-order chi connectivity index (χ0) is 44.1. The number of allylic oxidation sites excluding steroid dienone is 1. The number of nitrogens with zero attached hydrogens (tertiary/aromatic N) is 3. The lowest BCUT2D eigenvalue weighted by Crippen LogP contribution is -2.58. The smallest absolute Gasteiger partial charge is 0.437 e. The molecule has 4 aliphatic heterocycles. The van der Waals surface area contributed by atoms with E-state index < -0.39 is 85.3 Å². The molecule has 8 rings (SSSR count). The lowest BCUT2D eigenvalue weighted by atomic mass is 9.86. The van der Waals surface area contributed by atoms with Gasteiger partial charge in [-0.25, -0.2) is 18.2 Å². The summed E-state index contributed by atoms with van der Waals surface area (Å²) in [7, 11) is -4.09. The number of benzene rings is 1. The molecule has 62 heavy (non-hydrogen) atoms. The summed E-state index contributed by atoms with van der Waals surface area (Å²) < 4.78 is 89.2. The number of carbonyl (C=O) groups is 4. The first kappa shape index (κ1) is 44.1. The molecule has 15 nitrogen and oxygen atoms in total. The van der Waals surface area contributed by atoms with E-state index in [9.17, 15) is 40.8 Å². The number of pyridine rings is 1. The fourth-order valence-corrected chi connectivity index (χ4v) is 10.6. The largest absolute Gasteiger partial charge is 0.483 e. The van der Waals surface area contributed by atoms with Crippen LogP contribution in [-0.2, 0) is 46.5 Å². The predicted molar refractivity (Wildman–Crippen MR) is 219 cm³/mol. The third-order valence-corrected chi connectivity index (χ3v) is 15.6. The number of amides is 4. The topological polar surface area (TPSA) is 186 Å². The number of aryl methyl sites for hydroxylation is 2. The van der Waals surface area contributed by atoms with Gasteiger partial charge in [-0.15, -0.1) is 0 Å². The monoisotopic (exact) mass is 888 g/mol. The van der Waals surface area contributed by atoms with Gasteiger partial charge in [0.05, 0.1) is 36.6 Å². The van der Waals surface area contributed by atoms with Gasteiger partial charge in [0.1, 0.15) is 23.2 Å². The van der Waals surface area contributed by atoms with Gasteiger partial charge in [0.2, 0.25) is 21.8 Å². The van der Waals surface area contributed by atoms with Crippen molar-refractivity contribution in [2.45, 2.75) is 125 Å². The number of carbonyl (C=O) groups excluding carboxylic acids is 4. The molecule has 5 atom stereocenters. The van der Waals surface area contributed by atoms with E-state index in [0.717, 1.165) is 18.7 Å². The van der Waals surface area contributed by atoms with Crippen LogP contribution in [-0.4, -0.2) is 121 Å². The molecule has 338 valence electrons. The lowest BCUT2D eigenvalue weighted by molar-refractivity contribution is -0.144. The number of fused-ring (bicyclic) bond motifs is 5. The number of hydrogen-bond donors (Lipinski definition) is 3. The molecule has 0 unspecified atom stereocenters. The fourth-order valence-electron chi connectivity index (χ4n) is 9.30. The van der Waals surface area contributed by atoms with Gasteiger partial charge < -0.3 is 29.7 Å². The second-order valence-electron chi connectivity index (χ2n) is 18.1. The van der Waals surface area contributed by atoms with Crippen LogP contribution in [0.4, 0.5) is 18.0 Å². The van der Waals surface area contributed by atoms with E-state index in [1.165, 1.54) is 11.0 Å². The number of rotatable bonds is 8. The molecule has 6 aliphatic rings. The van der Waals surface area contributed by atoms with E-state index in [4.69, 9.17) is 14.2 Å². The Morgan fingerprint density at radius 2 is 1.85 bits per heavy atom. The Morgan fingerprint density at radius 1 is 1.08 bits per heavy atom. The van der Waals surface area contributed by atoms with E-state index in [1.807, 2.05) is 13.0 Å². The maximum absolute atomic E-state index is 14.8. The summed E-state index contributed by atoms with van der Waals surface area (Å²) in [6.45, 7) is 6.63. The highest BCUT2D eigenvalue weighted by atomic mass is 32.2. The van der Waals surface area contributed by atoms with Gasteiger partial charge in [0.15, 0.2) is 11.4 Å². The minimum Gasteiger partial charge on any atom is -0.483 e. The van der Waals surface area contributed by atoms with Crippen molar-refractivity contribution in [3.05, 3.63) is 47.2 Å². The van der Waals surface area contributed by atoms with Crippen molar-refractivity contribution in [1.82, 2.24) is 30.1 Å². The van der Waals surface area contributed by atoms with Crippen molar-refractivity contribution in [3.63, 3.8) is 0 Å². The van der Waals surface area contributed by atoms with E-state index in [-0.39, 0.29) is 50.8 Å². The zero-order valence-electron chi connectivity index (χ0n) is 35.1. The molecule has 1 spiro atoms. The third kappa shape index (κ3) is 8.98. The molecule has 4 fully saturated rings. The number of hydrogen-bond acceptors (Lipinski definition) is 11. The quantitative estimate of drug-likeness (QED) is 0.252. The van der Waals surface area contributed by atoms with Crippen LogP contribution in [0.3, 0.4) is 0 Å². The van der Waals surface area contributed by atoms with Crippen molar-refractivity contribution in [2.75, 3.05) is 46.0 Å². The summed E-state index contributed by atoms with van der Waals surface area (Å²) >= 11 is 0. The van der Waals surface area contributed by atoms with Crippen LogP contribution in [0.5, 0.6) is 5.75 Å². The number of halogens is 3. The van der Waals surface area contributed by atoms with Crippen LogP contribution in [0, 0.1) is 12.8 Å². The molecular weight excluding hydrogens is 834 g/mol. The van der Waals surface area contributed by atoms with E-state index in [2.05, 4.69) is 25.2 Å². The number of morpholine rings is 1. The predicted octanol–water partition coefficient (Wildman–Crippen LogP) is 4.44. The van der Waals surface area contributed by atoms with Gasteiger partial charge in [-0.1, -0.05) is 36.6 Å². The van der Waals surface area contributed by atoms with E-state index in [1.54, 1.807) is 25.1 Å². The molecule has 1 aromatic heterocycles. The molecule has 3 N–H and O–H groups in total. The van der Waals surface area contributed by atoms with Crippen LogP contribution in [0.25, 0.3) is 10.9 Å². The minimum absolute atomic E-state index is 0.0888. The molecule has 4 amide bonds. The molecule has 1 aromatic carbocycles. The Kier molecular flexibility index (Phi) is 12.0. The highest BCUT2D eigenvalue weighted by Crippen LogP contribution is 2.50. The lowest BCUT2D eigenvalue weighted by Gasteiger charge is -2.37. The molecule has 2 aromatic rings. The molecule has 2 saturated heterocycles. The van der Waals surface area contributed by atoms with Crippen molar-refractivity contribution in [3.8, 4) is 5.75 Å². The first-order valence-corrected chi connectivity index (χ1v) is 23.2. The van der Waals surface area contributed by atoms with Crippen molar-refractivity contribution in [1.29, 1.82) is 0 Å². The normalized spacial score (nSPS) is 29.5. The Morgan fingerprint density at radius 3 is 2.60 bits per heavy atom. The highest BCUT2D eigenvalue weighted by molar-refractivity contribution is 7.91. The van der Waals surface area contributed by atoms with Crippen LogP contribution in [0.2, 0.25) is 0 Å². The summed E-state index contributed by atoms with van der Waals surface area (Å²) in [4.78, 5) is 64.2. The first-order valence-electron chi connectivity index (χ1n) is 21.7. The van der Waals surface area contributed by atoms with Crippen molar-refractivity contribution in [2.24, 2.45) is 5.92 Å². The van der Waals surface area contributed by atoms with E-state index >= 15 is 0 Å². The maximum atomic E-state index is 14.8. The zero-order valence-corrected chi connectivity index (χ0v) is 35.9. The Bertz CT molecular complexity index is 2250. The molecule has 5 heterocycles. The third-order valence-electron chi connectivity index (χ3n) is 13.5. The van der Waals surface area contributed by atoms with Gasteiger partial charge in [-0.05, 0) is 83.8 Å². The van der Waals surface area contributed by atoms with Crippen LogP contribution in [0.15, 0.2) is 30.4 Å². The number of alkyl carbamates (subject to hydrolysis) is 1. The molecule has 2 saturated carbocycles. The second kappa shape index (κ2) is 16.9. The van der Waals surface area contributed by atoms with Crippen LogP contribution < -0.4 is 20.1 Å². The minimum atomic E-state index is -4.90. The molecular formula is C43H55F3N6O9S. The highest BCUT2D eigenvalue weighted by Gasteiger charge is 2.64. The van der Waals surface area contributed by atoms with Gasteiger partial charge in [-0.3, -0.25) is 24.0 Å². The summed E-state index contributed by atoms with van der Waals surface area (Å²) in [5.41, 5.74) is -3.08. The van der Waals surface area contributed by atoms with Gasteiger partial charge in [0.25, 0.3) is 5.91 Å². The Labute approximate surface area is 358 Å². The average Bonchev–Trinajstić information content (AvgIpc) is 4.12. The average molecular weight is 889 g/mol. The number of alkyl halides is 3. The maximum Gasteiger partial charge on any atom is 0.437 e. The van der Waals surface area contributed by atoms with E-state index in [0.29, 0.717) is 75.7 Å². The second-order valence-corrected chi connectivity index (χ2v) is 20.3. The summed E-state index contributed by atoms with van der Waals surface area (Å²) in [5, 5.41) is 6.04.